The summed E-state index contributed by atoms with van der Waals surface area (Å²) in [7, 11) is 0. The maximum absolute atomic E-state index is 14.1. The van der Waals surface area contributed by atoms with Gasteiger partial charge in [0.25, 0.3) is 11.5 Å². The van der Waals surface area contributed by atoms with Gasteiger partial charge in [-0.05, 0) is 44.2 Å². The van der Waals surface area contributed by atoms with Crippen molar-refractivity contribution in [1.82, 2.24) is 14.5 Å². The van der Waals surface area contributed by atoms with Gasteiger partial charge >= 0.3 is 0 Å². The Balaban J connectivity index is 1.55. The lowest BCUT2D eigenvalue weighted by molar-refractivity contribution is -0.00184. The van der Waals surface area contributed by atoms with Crippen LogP contribution in [0.2, 0.25) is 0 Å². The number of rotatable bonds is 4. The third-order valence-corrected chi connectivity index (χ3v) is 6.34. The summed E-state index contributed by atoms with van der Waals surface area (Å²) in [5.74, 6) is -2.16. The van der Waals surface area contributed by atoms with Crippen molar-refractivity contribution < 1.29 is 8.78 Å². The SMILES string of the molecule is CC(Nc1ncnc2cc(=O)n(C3(C)CC3)cc12)c1cccc2c1CCC2(F)F. The maximum atomic E-state index is 14.1. The van der Waals surface area contributed by atoms with Gasteiger partial charge in [-0.15, -0.1) is 0 Å². The molecule has 0 spiro atoms. The summed E-state index contributed by atoms with van der Waals surface area (Å²) < 4.78 is 30.0. The Hall–Kier alpha value is -2.83. The van der Waals surface area contributed by atoms with E-state index >= 15 is 0 Å². The highest BCUT2D eigenvalue weighted by molar-refractivity contribution is 5.88. The van der Waals surface area contributed by atoms with Gasteiger partial charge in [-0.25, -0.2) is 18.7 Å². The number of halogens is 2. The molecule has 1 saturated carbocycles. The van der Waals surface area contributed by atoms with Crippen LogP contribution < -0.4 is 10.9 Å². The zero-order valence-electron chi connectivity index (χ0n) is 16.4. The summed E-state index contributed by atoms with van der Waals surface area (Å²) in [6.45, 7) is 4.01. The third kappa shape index (κ3) is 2.91. The Bertz CT molecular complexity index is 1180. The average molecular weight is 396 g/mol. The summed E-state index contributed by atoms with van der Waals surface area (Å²) in [6, 6.07) is 6.43. The molecule has 5 rings (SSSR count). The van der Waals surface area contributed by atoms with Gasteiger partial charge in [0.2, 0.25) is 0 Å². The van der Waals surface area contributed by atoms with Crippen LogP contribution in [0, 0.1) is 0 Å². The summed E-state index contributed by atoms with van der Waals surface area (Å²) >= 11 is 0. The molecule has 2 aliphatic carbocycles. The van der Waals surface area contributed by atoms with Crippen molar-refractivity contribution in [3.8, 4) is 0 Å². The molecule has 7 heteroatoms. The summed E-state index contributed by atoms with van der Waals surface area (Å²) in [5, 5.41) is 4.12. The fraction of sp³-hybridized carbons (Fsp3) is 0.409. The van der Waals surface area contributed by atoms with E-state index in [-0.39, 0.29) is 29.1 Å². The lowest BCUT2D eigenvalue weighted by Crippen LogP contribution is -2.27. The average Bonchev–Trinajstić information content (AvgIpc) is 3.35. The van der Waals surface area contributed by atoms with E-state index in [4.69, 9.17) is 0 Å². The van der Waals surface area contributed by atoms with Crippen molar-refractivity contribution in [3.05, 3.63) is 63.8 Å². The van der Waals surface area contributed by atoms with Crippen molar-refractivity contribution in [3.63, 3.8) is 0 Å². The summed E-state index contributed by atoms with van der Waals surface area (Å²) in [6.07, 6.45) is 5.40. The van der Waals surface area contributed by atoms with Crippen molar-refractivity contribution in [2.24, 2.45) is 0 Å². The van der Waals surface area contributed by atoms with Gasteiger partial charge < -0.3 is 9.88 Å². The molecule has 2 heterocycles. The van der Waals surface area contributed by atoms with Gasteiger partial charge in [-0.3, -0.25) is 4.79 Å². The normalized spacial score (nSPS) is 19.7. The molecule has 1 aromatic carbocycles. The topological polar surface area (TPSA) is 59.8 Å². The first-order valence-corrected chi connectivity index (χ1v) is 9.93. The zero-order valence-corrected chi connectivity index (χ0v) is 16.4. The molecule has 2 aliphatic rings. The second-order valence-corrected chi connectivity index (χ2v) is 8.44. The Labute approximate surface area is 166 Å². The molecular formula is C22H22F2N4O. The first-order valence-electron chi connectivity index (χ1n) is 9.93. The number of benzene rings is 1. The molecule has 0 saturated heterocycles. The number of nitrogens with zero attached hydrogens (tertiary/aromatic N) is 3. The molecule has 0 bridgehead atoms. The lowest BCUT2D eigenvalue weighted by atomic mass is 9.97. The quantitative estimate of drug-likeness (QED) is 0.705. The second-order valence-electron chi connectivity index (χ2n) is 8.44. The number of pyridine rings is 1. The lowest BCUT2D eigenvalue weighted by Gasteiger charge is -2.20. The molecule has 150 valence electrons. The Morgan fingerprint density at radius 2 is 2.00 bits per heavy atom. The van der Waals surface area contributed by atoms with Gasteiger partial charge in [0, 0.05) is 29.8 Å². The van der Waals surface area contributed by atoms with Crippen molar-refractivity contribution in [1.29, 1.82) is 0 Å². The molecule has 0 radical (unpaired) electrons. The van der Waals surface area contributed by atoms with Crippen LogP contribution in [0.25, 0.3) is 10.9 Å². The van der Waals surface area contributed by atoms with E-state index in [2.05, 4.69) is 22.2 Å². The van der Waals surface area contributed by atoms with E-state index in [0.29, 0.717) is 17.8 Å². The highest BCUT2D eigenvalue weighted by atomic mass is 19.3. The number of nitrogens with one attached hydrogen (secondary N) is 1. The second kappa shape index (κ2) is 6.08. The standard InChI is InChI=1S/C22H22F2N4O/c1-13(14-4-3-5-17-15(14)6-7-22(17,23)24)27-20-16-11-28(21(2)8-9-21)19(29)10-18(16)25-12-26-20/h3-5,10-13H,6-9H2,1-2H3,(H,25,26,27). The minimum Gasteiger partial charge on any atom is -0.363 e. The monoisotopic (exact) mass is 396 g/mol. The third-order valence-electron chi connectivity index (χ3n) is 6.34. The van der Waals surface area contributed by atoms with Crippen molar-refractivity contribution >= 4 is 16.7 Å². The number of fused-ring (bicyclic) bond motifs is 2. The van der Waals surface area contributed by atoms with Crippen LogP contribution in [-0.4, -0.2) is 14.5 Å². The molecule has 1 N–H and O–H groups in total. The minimum atomic E-state index is -2.76. The van der Waals surface area contributed by atoms with Crippen LogP contribution in [0.1, 0.15) is 55.8 Å². The Morgan fingerprint density at radius 1 is 1.21 bits per heavy atom. The first-order chi connectivity index (χ1) is 13.8. The molecular weight excluding hydrogens is 374 g/mol. The van der Waals surface area contributed by atoms with E-state index in [1.54, 1.807) is 10.6 Å². The van der Waals surface area contributed by atoms with Crippen LogP contribution >= 0.6 is 0 Å². The van der Waals surface area contributed by atoms with Crippen LogP contribution in [0.5, 0.6) is 0 Å². The first kappa shape index (κ1) is 18.2. The number of hydrogen-bond donors (Lipinski definition) is 1. The van der Waals surface area contributed by atoms with E-state index in [1.165, 1.54) is 18.5 Å². The Kier molecular flexibility index (Phi) is 3.82. The number of alkyl halides is 2. The summed E-state index contributed by atoms with van der Waals surface area (Å²) in [4.78, 5) is 21.1. The molecule has 0 amide bonds. The molecule has 29 heavy (non-hydrogen) atoms. The van der Waals surface area contributed by atoms with Gasteiger partial charge in [-0.1, -0.05) is 18.2 Å². The van der Waals surface area contributed by atoms with E-state index in [9.17, 15) is 13.6 Å². The molecule has 1 unspecified atom stereocenters. The van der Waals surface area contributed by atoms with E-state index < -0.39 is 5.92 Å². The fourth-order valence-corrected chi connectivity index (χ4v) is 4.32. The highest BCUT2D eigenvalue weighted by Gasteiger charge is 2.41. The van der Waals surface area contributed by atoms with Crippen LogP contribution in [0.4, 0.5) is 14.6 Å². The summed E-state index contributed by atoms with van der Waals surface area (Å²) in [5.41, 5.74) is 2.07. The van der Waals surface area contributed by atoms with E-state index in [1.807, 2.05) is 19.2 Å². The maximum Gasteiger partial charge on any atom is 0.273 e. The van der Waals surface area contributed by atoms with Crippen LogP contribution in [0.15, 0.2) is 41.6 Å². The van der Waals surface area contributed by atoms with Crippen LogP contribution in [-0.2, 0) is 17.9 Å². The molecule has 1 atom stereocenters. The Morgan fingerprint density at radius 3 is 2.76 bits per heavy atom. The molecule has 2 aromatic heterocycles. The molecule has 3 aromatic rings. The molecule has 5 nitrogen and oxygen atoms in total. The molecule has 0 aliphatic heterocycles. The van der Waals surface area contributed by atoms with Crippen molar-refractivity contribution in [2.75, 3.05) is 5.32 Å². The van der Waals surface area contributed by atoms with Gasteiger partial charge in [0.05, 0.1) is 16.9 Å². The minimum absolute atomic E-state index is 0.0710. The largest absolute Gasteiger partial charge is 0.363 e. The van der Waals surface area contributed by atoms with Gasteiger partial charge in [0.1, 0.15) is 12.1 Å². The number of anilines is 1. The van der Waals surface area contributed by atoms with Gasteiger partial charge in [0.15, 0.2) is 0 Å². The van der Waals surface area contributed by atoms with Crippen molar-refractivity contribution in [2.45, 2.75) is 57.0 Å². The van der Waals surface area contributed by atoms with Crippen LogP contribution in [0.3, 0.4) is 0 Å². The smallest absolute Gasteiger partial charge is 0.273 e. The molecule has 1 fully saturated rings. The predicted molar refractivity (Wildman–Crippen MR) is 107 cm³/mol. The fourth-order valence-electron chi connectivity index (χ4n) is 4.32. The predicted octanol–water partition coefficient (Wildman–Crippen LogP) is 4.51. The number of hydrogen-bond acceptors (Lipinski definition) is 4. The van der Waals surface area contributed by atoms with Gasteiger partial charge in [-0.2, -0.15) is 0 Å². The number of aromatic nitrogens is 3. The zero-order chi connectivity index (χ0) is 20.4. The van der Waals surface area contributed by atoms with E-state index in [0.717, 1.165) is 29.4 Å². The highest BCUT2D eigenvalue weighted by Crippen LogP contribution is 2.44.